The van der Waals surface area contributed by atoms with Crippen molar-refractivity contribution in [2.24, 2.45) is 0 Å². The first kappa shape index (κ1) is 15.2. The van der Waals surface area contributed by atoms with E-state index >= 15 is 0 Å². The van der Waals surface area contributed by atoms with Gasteiger partial charge in [-0.2, -0.15) is 0 Å². The SMILES string of the molecule is C=C(CCC)C1=CCC(c2ccc(O)cc2Cl)OB1O. The van der Waals surface area contributed by atoms with Crippen LogP contribution in [0.1, 0.15) is 37.9 Å². The van der Waals surface area contributed by atoms with Gasteiger partial charge in [0.1, 0.15) is 5.75 Å². The lowest BCUT2D eigenvalue weighted by Crippen LogP contribution is -2.28. The maximum atomic E-state index is 10.1. The van der Waals surface area contributed by atoms with E-state index in [2.05, 4.69) is 13.5 Å². The normalized spacial score (nSPS) is 18.9. The van der Waals surface area contributed by atoms with Crippen LogP contribution in [0.25, 0.3) is 0 Å². The molecule has 1 aromatic rings. The van der Waals surface area contributed by atoms with Gasteiger partial charge in [0.05, 0.1) is 6.10 Å². The highest BCUT2D eigenvalue weighted by Gasteiger charge is 2.31. The smallest absolute Gasteiger partial charge is 0.491 e. The van der Waals surface area contributed by atoms with Gasteiger partial charge in [0.2, 0.25) is 0 Å². The molecule has 0 fully saturated rings. The summed E-state index contributed by atoms with van der Waals surface area (Å²) in [5.74, 6) is 0.114. The van der Waals surface area contributed by atoms with Crippen LogP contribution in [-0.4, -0.2) is 17.2 Å². The van der Waals surface area contributed by atoms with Crippen LogP contribution >= 0.6 is 11.6 Å². The second-order valence-corrected chi connectivity index (χ2v) is 5.34. The molecule has 2 N–H and O–H groups in total. The van der Waals surface area contributed by atoms with Crippen molar-refractivity contribution in [3.05, 3.63) is 52.5 Å². The van der Waals surface area contributed by atoms with Gasteiger partial charge in [-0.3, -0.25) is 0 Å². The van der Waals surface area contributed by atoms with Crippen LogP contribution in [0.3, 0.4) is 0 Å². The van der Waals surface area contributed by atoms with E-state index in [1.165, 1.54) is 6.07 Å². The van der Waals surface area contributed by atoms with Crippen LogP contribution in [-0.2, 0) is 4.65 Å². The molecule has 0 saturated heterocycles. The largest absolute Gasteiger partial charge is 0.508 e. The number of rotatable bonds is 4. The fraction of sp³-hybridized carbons (Fsp3) is 0.333. The van der Waals surface area contributed by atoms with Crippen LogP contribution in [0.5, 0.6) is 5.75 Å². The number of phenolic OH excluding ortho intramolecular Hbond substituents is 1. The third-order valence-electron chi connectivity index (χ3n) is 3.40. The zero-order valence-corrected chi connectivity index (χ0v) is 12.2. The van der Waals surface area contributed by atoms with Gasteiger partial charge in [-0.05, 0) is 36.0 Å². The predicted molar refractivity (Wildman–Crippen MR) is 81.7 cm³/mol. The van der Waals surface area contributed by atoms with Crippen molar-refractivity contribution >= 4 is 18.7 Å². The molecule has 1 aliphatic rings. The summed E-state index contributed by atoms with van der Waals surface area (Å²) in [6.45, 7) is 6.05. The Morgan fingerprint density at radius 1 is 1.55 bits per heavy atom. The summed E-state index contributed by atoms with van der Waals surface area (Å²) in [5, 5.41) is 19.9. The Kier molecular flexibility index (Phi) is 4.92. The third kappa shape index (κ3) is 3.26. The molecular weight excluding hydrogens is 274 g/mol. The van der Waals surface area contributed by atoms with Crippen LogP contribution in [0.4, 0.5) is 0 Å². The topological polar surface area (TPSA) is 49.7 Å². The van der Waals surface area contributed by atoms with E-state index < -0.39 is 7.12 Å². The van der Waals surface area contributed by atoms with E-state index in [9.17, 15) is 10.1 Å². The summed E-state index contributed by atoms with van der Waals surface area (Å²) in [7, 11) is -0.974. The Labute approximate surface area is 124 Å². The Morgan fingerprint density at radius 2 is 2.30 bits per heavy atom. The first-order valence-electron chi connectivity index (χ1n) is 6.73. The highest BCUT2D eigenvalue weighted by molar-refractivity contribution is 6.54. The molecule has 5 heteroatoms. The lowest BCUT2D eigenvalue weighted by atomic mass is 9.70. The first-order valence-corrected chi connectivity index (χ1v) is 7.10. The van der Waals surface area contributed by atoms with Gasteiger partial charge >= 0.3 is 7.12 Å². The van der Waals surface area contributed by atoms with Crippen LogP contribution in [0.15, 0.2) is 41.9 Å². The molecule has 106 valence electrons. The Hall–Kier alpha value is -1.23. The fourth-order valence-electron chi connectivity index (χ4n) is 2.36. The van der Waals surface area contributed by atoms with E-state index in [1.807, 2.05) is 6.08 Å². The molecule has 0 saturated carbocycles. The number of phenols is 1. The number of halogens is 1. The van der Waals surface area contributed by atoms with E-state index in [1.54, 1.807) is 12.1 Å². The van der Waals surface area contributed by atoms with Gasteiger partial charge in [-0.15, -0.1) is 0 Å². The summed E-state index contributed by atoms with van der Waals surface area (Å²) >= 11 is 6.10. The van der Waals surface area contributed by atoms with Gasteiger partial charge in [-0.25, -0.2) is 0 Å². The van der Waals surface area contributed by atoms with Gasteiger partial charge in [0.15, 0.2) is 0 Å². The van der Waals surface area contributed by atoms with E-state index in [0.717, 1.165) is 29.5 Å². The van der Waals surface area contributed by atoms with E-state index in [-0.39, 0.29) is 11.9 Å². The number of hydrogen-bond acceptors (Lipinski definition) is 3. The summed E-state index contributed by atoms with van der Waals surface area (Å²) in [6.07, 6.45) is 4.10. The predicted octanol–water partition coefficient (Wildman–Crippen LogP) is 3.81. The number of aromatic hydroxyl groups is 1. The van der Waals surface area contributed by atoms with Crippen molar-refractivity contribution in [2.45, 2.75) is 32.3 Å². The molecule has 1 aliphatic heterocycles. The van der Waals surface area contributed by atoms with Crippen LogP contribution in [0, 0.1) is 0 Å². The zero-order valence-electron chi connectivity index (χ0n) is 11.5. The van der Waals surface area contributed by atoms with Crippen molar-refractivity contribution in [1.82, 2.24) is 0 Å². The van der Waals surface area contributed by atoms with E-state index in [4.69, 9.17) is 16.3 Å². The summed E-state index contributed by atoms with van der Waals surface area (Å²) in [5.41, 5.74) is 2.44. The van der Waals surface area contributed by atoms with Crippen molar-refractivity contribution < 1.29 is 14.8 Å². The molecule has 1 unspecified atom stereocenters. The maximum absolute atomic E-state index is 10.1. The van der Waals surface area contributed by atoms with Crippen molar-refractivity contribution in [1.29, 1.82) is 0 Å². The van der Waals surface area contributed by atoms with Gasteiger partial charge in [0, 0.05) is 5.02 Å². The summed E-state index contributed by atoms with van der Waals surface area (Å²) in [6, 6.07) is 4.75. The molecule has 0 amide bonds. The van der Waals surface area contributed by atoms with Gasteiger partial charge in [-0.1, -0.05) is 49.2 Å². The second-order valence-electron chi connectivity index (χ2n) is 4.93. The molecule has 2 rings (SSSR count). The monoisotopic (exact) mass is 292 g/mol. The molecule has 0 spiro atoms. The van der Waals surface area contributed by atoms with E-state index in [0.29, 0.717) is 11.4 Å². The average Bonchev–Trinajstić information content (AvgIpc) is 2.38. The molecule has 1 atom stereocenters. The molecule has 20 heavy (non-hydrogen) atoms. The highest BCUT2D eigenvalue weighted by Crippen LogP contribution is 2.36. The van der Waals surface area contributed by atoms with Crippen molar-refractivity contribution in [2.75, 3.05) is 0 Å². The van der Waals surface area contributed by atoms with Crippen LogP contribution < -0.4 is 0 Å². The number of benzene rings is 1. The molecular formula is C15H18BClO3. The minimum atomic E-state index is -0.974. The highest BCUT2D eigenvalue weighted by atomic mass is 35.5. The lowest BCUT2D eigenvalue weighted by Gasteiger charge is -2.27. The molecule has 1 heterocycles. The average molecular weight is 293 g/mol. The quantitative estimate of drug-likeness (QED) is 0.830. The van der Waals surface area contributed by atoms with Crippen molar-refractivity contribution in [3.8, 4) is 5.75 Å². The number of hydrogen-bond donors (Lipinski definition) is 2. The zero-order chi connectivity index (χ0) is 14.7. The minimum absolute atomic E-state index is 0.114. The third-order valence-corrected chi connectivity index (χ3v) is 3.73. The minimum Gasteiger partial charge on any atom is -0.508 e. The molecule has 3 nitrogen and oxygen atoms in total. The Bertz CT molecular complexity index is 542. The lowest BCUT2D eigenvalue weighted by molar-refractivity contribution is 0.168. The van der Waals surface area contributed by atoms with Gasteiger partial charge < -0.3 is 14.8 Å². The molecule has 0 radical (unpaired) electrons. The Balaban J connectivity index is 2.17. The number of allylic oxidation sites excluding steroid dienone is 2. The standard InChI is InChI=1S/C15H18BClO3/c1-3-4-10(2)13-7-8-15(20-16(13)19)12-6-5-11(18)9-14(12)17/h5-7,9,15,18-19H,2-4,8H2,1H3. The molecule has 0 aromatic heterocycles. The fourth-order valence-corrected chi connectivity index (χ4v) is 2.66. The Morgan fingerprint density at radius 3 is 2.90 bits per heavy atom. The molecule has 0 bridgehead atoms. The van der Waals surface area contributed by atoms with Crippen LogP contribution in [0.2, 0.25) is 5.02 Å². The van der Waals surface area contributed by atoms with Crippen molar-refractivity contribution in [3.63, 3.8) is 0 Å². The second kappa shape index (κ2) is 6.48. The maximum Gasteiger partial charge on any atom is 0.491 e. The van der Waals surface area contributed by atoms with Gasteiger partial charge in [0.25, 0.3) is 0 Å². The summed E-state index contributed by atoms with van der Waals surface area (Å²) < 4.78 is 5.63. The molecule has 0 aliphatic carbocycles. The first-order chi connectivity index (χ1) is 9.52. The summed E-state index contributed by atoms with van der Waals surface area (Å²) in [4.78, 5) is 0. The molecule has 1 aromatic carbocycles.